The first-order valence-corrected chi connectivity index (χ1v) is 12.3. The minimum absolute atomic E-state index is 0.0352. The zero-order chi connectivity index (χ0) is 26.7. The van der Waals surface area contributed by atoms with Gasteiger partial charge < -0.3 is 25.0 Å². The van der Waals surface area contributed by atoms with Gasteiger partial charge in [-0.3, -0.25) is 4.79 Å². The summed E-state index contributed by atoms with van der Waals surface area (Å²) in [6, 6.07) is 11.3. The number of piperidine rings is 1. The molecule has 0 bridgehead atoms. The van der Waals surface area contributed by atoms with Crippen molar-refractivity contribution in [2.24, 2.45) is 0 Å². The number of anilines is 2. The predicted octanol–water partition coefficient (Wildman–Crippen LogP) is 3.66. The van der Waals surface area contributed by atoms with Gasteiger partial charge in [0.25, 0.3) is 5.91 Å². The molecule has 2 aliphatic heterocycles. The van der Waals surface area contributed by atoms with Gasteiger partial charge in [-0.1, -0.05) is 18.2 Å². The number of hydrogen-bond acceptors (Lipinski definition) is 8. The lowest BCUT2D eigenvalue weighted by atomic mass is 10.1. The van der Waals surface area contributed by atoms with Gasteiger partial charge in [0, 0.05) is 62.4 Å². The number of hydrogen-bond donors (Lipinski definition) is 1. The normalized spacial score (nSPS) is 16.9. The number of nitrogens with zero attached hydrogens (tertiary/aromatic N) is 5. The van der Waals surface area contributed by atoms with E-state index >= 15 is 0 Å². The highest BCUT2D eigenvalue weighted by Gasteiger charge is 2.35. The lowest BCUT2D eigenvalue weighted by Crippen LogP contribution is -2.42. The highest BCUT2D eigenvalue weighted by molar-refractivity contribution is 5.94. The molecular weight excluding hydrogens is 501 g/mol. The molecule has 1 amide bonds. The molecular formula is C26H27F3N6O3. The van der Waals surface area contributed by atoms with E-state index in [1.54, 1.807) is 17.0 Å². The number of rotatable bonds is 5. The van der Waals surface area contributed by atoms with Crippen LogP contribution in [0.15, 0.2) is 48.7 Å². The summed E-state index contributed by atoms with van der Waals surface area (Å²) in [5, 5.41) is 0. The summed E-state index contributed by atoms with van der Waals surface area (Å²) < 4.78 is 53.1. The second-order valence-electron chi connectivity index (χ2n) is 9.12. The van der Waals surface area contributed by atoms with Crippen LogP contribution in [-0.4, -0.2) is 71.3 Å². The third kappa shape index (κ3) is 5.80. The number of carbonyl (C=O) groups is 1. The number of amides is 1. The monoisotopic (exact) mass is 528 g/mol. The fourth-order valence-corrected chi connectivity index (χ4v) is 4.54. The minimum atomic E-state index is -4.66. The zero-order valence-electron chi connectivity index (χ0n) is 20.5. The molecule has 0 saturated carbocycles. The number of halogens is 3. The van der Waals surface area contributed by atoms with Crippen LogP contribution >= 0.6 is 0 Å². The van der Waals surface area contributed by atoms with Crippen molar-refractivity contribution >= 4 is 17.7 Å². The van der Waals surface area contributed by atoms with Crippen LogP contribution in [0.5, 0.6) is 5.88 Å². The first kappa shape index (κ1) is 25.7. The summed E-state index contributed by atoms with van der Waals surface area (Å²) >= 11 is 0. The van der Waals surface area contributed by atoms with Crippen LogP contribution in [0.2, 0.25) is 0 Å². The van der Waals surface area contributed by atoms with Crippen LogP contribution in [0.25, 0.3) is 11.3 Å². The van der Waals surface area contributed by atoms with E-state index in [0.717, 1.165) is 12.3 Å². The quantitative estimate of drug-likeness (QED) is 0.535. The van der Waals surface area contributed by atoms with Gasteiger partial charge >= 0.3 is 6.18 Å². The van der Waals surface area contributed by atoms with Crippen LogP contribution in [0.4, 0.5) is 24.9 Å². The molecule has 0 atom stereocenters. The molecule has 2 fully saturated rings. The summed E-state index contributed by atoms with van der Waals surface area (Å²) in [7, 11) is 0. The molecule has 0 unspecified atom stereocenters. The third-order valence-corrected chi connectivity index (χ3v) is 6.53. The first-order valence-electron chi connectivity index (χ1n) is 12.3. The molecule has 5 rings (SSSR count). The van der Waals surface area contributed by atoms with Crippen molar-refractivity contribution < 1.29 is 27.4 Å². The molecule has 2 aromatic heterocycles. The van der Waals surface area contributed by atoms with Gasteiger partial charge in [0.15, 0.2) is 0 Å². The van der Waals surface area contributed by atoms with E-state index in [2.05, 4.69) is 15.0 Å². The topological polar surface area (TPSA) is 107 Å². The Balaban J connectivity index is 1.39. The van der Waals surface area contributed by atoms with E-state index in [9.17, 15) is 18.0 Å². The number of nitrogens with two attached hydrogens (primary N) is 1. The Hall–Kier alpha value is -3.93. The van der Waals surface area contributed by atoms with Crippen LogP contribution in [0.3, 0.4) is 0 Å². The molecule has 9 nitrogen and oxygen atoms in total. The van der Waals surface area contributed by atoms with Crippen molar-refractivity contribution in [1.82, 2.24) is 19.9 Å². The Kier molecular flexibility index (Phi) is 7.32. The van der Waals surface area contributed by atoms with E-state index in [-0.39, 0.29) is 40.9 Å². The van der Waals surface area contributed by atoms with Crippen molar-refractivity contribution in [1.29, 1.82) is 0 Å². The average molecular weight is 529 g/mol. The second-order valence-corrected chi connectivity index (χ2v) is 9.12. The molecule has 12 heteroatoms. The predicted molar refractivity (Wildman–Crippen MR) is 134 cm³/mol. The molecule has 200 valence electrons. The van der Waals surface area contributed by atoms with Crippen molar-refractivity contribution in [3.8, 4) is 17.1 Å². The molecule has 2 aliphatic rings. The highest BCUT2D eigenvalue weighted by atomic mass is 19.4. The number of morpholine rings is 1. The SMILES string of the molecule is Nc1cc(C(F)(F)F)c(-c2cc(OC3CCN(C(=O)c4ccccc4)CC3)nc(N3CCOCC3)n2)cn1. The average Bonchev–Trinajstić information content (AvgIpc) is 2.93. The number of likely N-dealkylation sites (tertiary alicyclic amines) is 1. The van der Waals surface area contributed by atoms with Crippen molar-refractivity contribution in [3.05, 3.63) is 59.8 Å². The van der Waals surface area contributed by atoms with Gasteiger partial charge in [-0.15, -0.1) is 0 Å². The Morgan fingerprint density at radius 1 is 1.03 bits per heavy atom. The summed E-state index contributed by atoms with van der Waals surface area (Å²) in [6.45, 7) is 2.88. The maximum Gasteiger partial charge on any atom is 0.417 e. The van der Waals surface area contributed by atoms with E-state index in [0.29, 0.717) is 57.8 Å². The number of benzene rings is 1. The maximum absolute atomic E-state index is 13.8. The van der Waals surface area contributed by atoms with Gasteiger partial charge in [-0.05, 0) is 18.2 Å². The Morgan fingerprint density at radius 2 is 1.74 bits per heavy atom. The molecule has 1 aromatic carbocycles. The lowest BCUT2D eigenvalue weighted by molar-refractivity contribution is -0.137. The molecule has 2 N–H and O–H groups in total. The van der Waals surface area contributed by atoms with E-state index in [4.69, 9.17) is 15.2 Å². The van der Waals surface area contributed by atoms with E-state index < -0.39 is 11.7 Å². The molecule has 0 radical (unpaired) electrons. The fourth-order valence-electron chi connectivity index (χ4n) is 4.54. The van der Waals surface area contributed by atoms with Gasteiger partial charge in [0.05, 0.1) is 24.5 Å². The Morgan fingerprint density at radius 3 is 2.42 bits per heavy atom. The summed E-state index contributed by atoms with van der Waals surface area (Å²) in [4.78, 5) is 29.2. The van der Waals surface area contributed by atoms with Gasteiger partial charge in [-0.2, -0.15) is 18.2 Å². The summed E-state index contributed by atoms with van der Waals surface area (Å²) in [6.07, 6.45) is -2.73. The molecule has 38 heavy (non-hydrogen) atoms. The van der Waals surface area contributed by atoms with Gasteiger partial charge in [-0.25, -0.2) is 9.97 Å². The maximum atomic E-state index is 13.8. The molecule has 0 aliphatic carbocycles. The molecule has 4 heterocycles. The third-order valence-electron chi connectivity index (χ3n) is 6.53. The van der Waals surface area contributed by atoms with Crippen molar-refractivity contribution in [2.75, 3.05) is 50.0 Å². The molecule has 2 saturated heterocycles. The van der Waals surface area contributed by atoms with Gasteiger partial charge in [0.2, 0.25) is 11.8 Å². The standard InChI is InChI=1S/C26H27F3N6O3/c27-26(28,29)20-14-22(30)31-16-19(20)21-15-23(33-25(32-21)35-10-12-37-13-11-35)38-18-6-8-34(9-7-18)24(36)17-4-2-1-3-5-17/h1-5,14-16,18H,6-13H2,(H2,30,31). The number of nitrogen functional groups attached to an aromatic ring is 1. The number of alkyl halides is 3. The van der Waals surface area contributed by atoms with Crippen LogP contribution in [-0.2, 0) is 10.9 Å². The minimum Gasteiger partial charge on any atom is -0.474 e. The van der Waals surface area contributed by atoms with Crippen LogP contribution in [0.1, 0.15) is 28.8 Å². The molecule has 3 aromatic rings. The zero-order valence-corrected chi connectivity index (χ0v) is 20.5. The number of carbonyl (C=O) groups excluding carboxylic acids is 1. The van der Waals surface area contributed by atoms with E-state index in [1.807, 2.05) is 23.1 Å². The largest absolute Gasteiger partial charge is 0.474 e. The van der Waals surface area contributed by atoms with Gasteiger partial charge in [0.1, 0.15) is 11.9 Å². The highest BCUT2D eigenvalue weighted by Crippen LogP contribution is 2.38. The lowest BCUT2D eigenvalue weighted by Gasteiger charge is -2.32. The van der Waals surface area contributed by atoms with E-state index in [1.165, 1.54) is 6.07 Å². The van der Waals surface area contributed by atoms with Crippen molar-refractivity contribution in [2.45, 2.75) is 25.1 Å². The number of ether oxygens (including phenoxy) is 2. The smallest absolute Gasteiger partial charge is 0.417 e. The number of pyridine rings is 1. The van der Waals surface area contributed by atoms with Crippen molar-refractivity contribution in [3.63, 3.8) is 0 Å². The fraction of sp³-hybridized carbons (Fsp3) is 0.385. The first-order chi connectivity index (χ1) is 18.3. The summed E-state index contributed by atoms with van der Waals surface area (Å²) in [5.41, 5.74) is 5.07. The summed E-state index contributed by atoms with van der Waals surface area (Å²) in [5.74, 6) is 0.132. The molecule has 0 spiro atoms. The number of aromatic nitrogens is 3. The Labute approximate surface area is 217 Å². The van der Waals surface area contributed by atoms with Crippen LogP contribution in [0, 0.1) is 0 Å². The van der Waals surface area contributed by atoms with Crippen LogP contribution < -0.4 is 15.4 Å². The Bertz CT molecular complexity index is 1280. The second kappa shape index (κ2) is 10.8.